The molecule has 0 spiro atoms. The van der Waals surface area contributed by atoms with Gasteiger partial charge in [-0.2, -0.15) is 0 Å². The van der Waals surface area contributed by atoms with Gasteiger partial charge in [0.25, 0.3) is 5.69 Å². The maximum Gasteiger partial charge on any atom is 0.274 e. The second-order valence-corrected chi connectivity index (χ2v) is 3.57. The molecule has 0 aromatic heterocycles. The quantitative estimate of drug-likeness (QED) is 0.478. The predicted octanol–water partition coefficient (Wildman–Crippen LogP) is 2.40. The molecular formula is C10H13ClN2O2. The number of nitro benzene ring substituents is 1. The second kappa shape index (κ2) is 5.68. The van der Waals surface area contributed by atoms with E-state index in [1.165, 1.54) is 6.07 Å². The van der Waals surface area contributed by atoms with Gasteiger partial charge in [-0.25, -0.2) is 0 Å². The Morgan fingerprint density at radius 2 is 2.27 bits per heavy atom. The van der Waals surface area contributed by atoms with Gasteiger partial charge >= 0.3 is 0 Å². The number of hydrogen-bond acceptors (Lipinski definition) is 3. The molecule has 0 saturated heterocycles. The molecule has 0 fully saturated rings. The summed E-state index contributed by atoms with van der Waals surface area (Å²) in [5, 5.41) is 14.3. The van der Waals surface area contributed by atoms with Crippen molar-refractivity contribution in [3.05, 3.63) is 38.9 Å². The van der Waals surface area contributed by atoms with Gasteiger partial charge in [-0.15, -0.1) is 0 Å². The first-order valence-electron chi connectivity index (χ1n) is 4.78. The van der Waals surface area contributed by atoms with E-state index in [0.717, 1.165) is 13.1 Å². The smallest absolute Gasteiger partial charge is 0.274 e. The van der Waals surface area contributed by atoms with Crippen LogP contribution in [0, 0.1) is 10.1 Å². The third-order valence-corrected chi connectivity index (χ3v) is 2.30. The molecule has 1 N–H and O–H groups in total. The Hall–Kier alpha value is -1.13. The van der Waals surface area contributed by atoms with Crippen molar-refractivity contribution in [1.29, 1.82) is 0 Å². The lowest BCUT2D eigenvalue weighted by Gasteiger charge is -2.03. The molecule has 0 radical (unpaired) electrons. The molecule has 0 bridgehead atoms. The molecule has 4 nitrogen and oxygen atoms in total. The Kier molecular flexibility index (Phi) is 4.52. The summed E-state index contributed by atoms with van der Waals surface area (Å²) in [7, 11) is 0. The van der Waals surface area contributed by atoms with E-state index >= 15 is 0 Å². The number of rotatable bonds is 5. The van der Waals surface area contributed by atoms with Crippen LogP contribution in [0.25, 0.3) is 0 Å². The van der Waals surface area contributed by atoms with Crippen LogP contribution in [0.2, 0.25) is 5.02 Å². The number of hydrogen-bond donors (Lipinski definition) is 1. The van der Waals surface area contributed by atoms with Gasteiger partial charge in [0.15, 0.2) is 0 Å². The lowest BCUT2D eigenvalue weighted by molar-refractivity contribution is -0.385. The van der Waals surface area contributed by atoms with Gasteiger partial charge in [-0.3, -0.25) is 10.1 Å². The van der Waals surface area contributed by atoms with Crippen LogP contribution in [-0.2, 0) is 6.42 Å². The zero-order valence-electron chi connectivity index (χ0n) is 8.50. The highest BCUT2D eigenvalue weighted by Gasteiger charge is 2.13. The number of halogens is 1. The van der Waals surface area contributed by atoms with Crippen molar-refractivity contribution in [1.82, 2.24) is 5.32 Å². The zero-order valence-corrected chi connectivity index (χ0v) is 9.25. The molecular weight excluding hydrogens is 216 g/mol. The van der Waals surface area contributed by atoms with Crippen molar-refractivity contribution in [3.63, 3.8) is 0 Å². The lowest BCUT2D eigenvalue weighted by Crippen LogP contribution is -2.16. The van der Waals surface area contributed by atoms with Gasteiger partial charge in [0.05, 0.1) is 4.92 Å². The summed E-state index contributed by atoms with van der Waals surface area (Å²) in [6, 6.07) is 4.77. The molecule has 82 valence electrons. The number of nitrogens with one attached hydrogen (secondary N) is 1. The van der Waals surface area contributed by atoms with E-state index < -0.39 is 4.92 Å². The molecule has 0 atom stereocenters. The van der Waals surface area contributed by atoms with Crippen LogP contribution < -0.4 is 5.32 Å². The number of likely N-dealkylation sites (N-methyl/N-ethyl adjacent to an activating group) is 1. The molecule has 0 unspecified atom stereocenters. The highest BCUT2D eigenvalue weighted by Crippen LogP contribution is 2.23. The van der Waals surface area contributed by atoms with Crippen molar-refractivity contribution in [2.75, 3.05) is 13.1 Å². The second-order valence-electron chi connectivity index (χ2n) is 3.13. The van der Waals surface area contributed by atoms with Crippen LogP contribution >= 0.6 is 11.6 Å². The SMILES string of the molecule is CCNCCc1ccc(Cl)cc1[N+](=O)[O-]. The first kappa shape index (κ1) is 11.9. The first-order valence-corrected chi connectivity index (χ1v) is 5.16. The van der Waals surface area contributed by atoms with E-state index in [1.54, 1.807) is 12.1 Å². The maximum absolute atomic E-state index is 10.7. The largest absolute Gasteiger partial charge is 0.317 e. The molecule has 5 heteroatoms. The molecule has 0 heterocycles. The van der Waals surface area contributed by atoms with E-state index in [-0.39, 0.29) is 5.69 Å². The Morgan fingerprint density at radius 1 is 1.53 bits per heavy atom. The van der Waals surface area contributed by atoms with Crippen molar-refractivity contribution in [3.8, 4) is 0 Å². The molecule has 1 aromatic carbocycles. The molecule has 0 aliphatic carbocycles. The van der Waals surface area contributed by atoms with Crippen LogP contribution in [0.5, 0.6) is 0 Å². The van der Waals surface area contributed by atoms with Gasteiger partial charge in [0.2, 0.25) is 0 Å². The average molecular weight is 229 g/mol. The minimum Gasteiger partial charge on any atom is -0.317 e. The van der Waals surface area contributed by atoms with Crippen LogP contribution in [0.1, 0.15) is 12.5 Å². The van der Waals surface area contributed by atoms with Gasteiger partial charge in [-0.05, 0) is 25.6 Å². The minimum absolute atomic E-state index is 0.0976. The van der Waals surface area contributed by atoms with Crippen LogP contribution in [0.3, 0.4) is 0 Å². The molecule has 0 saturated carbocycles. The molecule has 0 aliphatic heterocycles. The number of nitrogens with zero attached hydrogens (tertiary/aromatic N) is 1. The third kappa shape index (κ3) is 3.49. The van der Waals surface area contributed by atoms with Crippen LogP contribution in [0.15, 0.2) is 18.2 Å². The van der Waals surface area contributed by atoms with Gasteiger partial charge < -0.3 is 5.32 Å². The fraction of sp³-hybridized carbons (Fsp3) is 0.400. The summed E-state index contributed by atoms with van der Waals surface area (Å²) < 4.78 is 0. The molecule has 1 rings (SSSR count). The molecule has 1 aromatic rings. The standard InChI is InChI=1S/C10H13ClN2O2/c1-2-12-6-5-8-3-4-9(11)7-10(8)13(14)15/h3-4,7,12H,2,5-6H2,1H3. The first-order chi connectivity index (χ1) is 7.15. The van der Waals surface area contributed by atoms with Crippen molar-refractivity contribution in [2.45, 2.75) is 13.3 Å². The summed E-state index contributed by atoms with van der Waals surface area (Å²) in [6.45, 7) is 3.59. The number of nitro groups is 1. The summed E-state index contributed by atoms with van der Waals surface area (Å²) in [6.07, 6.45) is 0.640. The lowest BCUT2D eigenvalue weighted by atomic mass is 10.1. The van der Waals surface area contributed by atoms with E-state index in [2.05, 4.69) is 5.32 Å². The summed E-state index contributed by atoms with van der Waals surface area (Å²) in [4.78, 5) is 10.3. The minimum atomic E-state index is -0.396. The van der Waals surface area contributed by atoms with Crippen LogP contribution in [0.4, 0.5) is 5.69 Å². The van der Waals surface area contributed by atoms with Gasteiger partial charge in [0, 0.05) is 16.7 Å². The normalized spacial score (nSPS) is 10.3. The van der Waals surface area contributed by atoms with E-state index in [9.17, 15) is 10.1 Å². The summed E-state index contributed by atoms with van der Waals surface area (Å²) in [5.41, 5.74) is 0.811. The van der Waals surface area contributed by atoms with Crippen molar-refractivity contribution < 1.29 is 4.92 Å². The predicted molar refractivity (Wildman–Crippen MR) is 60.4 cm³/mol. The highest BCUT2D eigenvalue weighted by molar-refractivity contribution is 6.30. The van der Waals surface area contributed by atoms with Gasteiger partial charge in [-0.1, -0.05) is 24.6 Å². The summed E-state index contributed by atoms with van der Waals surface area (Å²) in [5.74, 6) is 0. The monoisotopic (exact) mass is 228 g/mol. The summed E-state index contributed by atoms with van der Waals surface area (Å²) >= 11 is 5.70. The topological polar surface area (TPSA) is 55.2 Å². The Bertz CT molecular complexity index is 355. The van der Waals surface area contributed by atoms with E-state index in [1.807, 2.05) is 6.92 Å². The highest BCUT2D eigenvalue weighted by atomic mass is 35.5. The van der Waals surface area contributed by atoms with E-state index in [0.29, 0.717) is 17.0 Å². The molecule has 0 amide bonds. The fourth-order valence-electron chi connectivity index (χ4n) is 1.32. The fourth-order valence-corrected chi connectivity index (χ4v) is 1.48. The van der Waals surface area contributed by atoms with Gasteiger partial charge in [0.1, 0.15) is 0 Å². The van der Waals surface area contributed by atoms with Crippen molar-refractivity contribution >= 4 is 17.3 Å². The van der Waals surface area contributed by atoms with Crippen LogP contribution in [-0.4, -0.2) is 18.0 Å². The Balaban J connectivity index is 2.81. The zero-order chi connectivity index (χ0) is 11.3. The van der Waals surface area contributed by atoms with E-state index in [4.69, 9.17) is 11.6 Å². The number of benzene rings is 1. The molecule has 0 aliphatic rings. The average Bonchev–Trinajstić information content (AvgIpc) is 2.20. The third-order valence-electron chi connectivity index (χ3n) is 2.07. The Labute approximate surface area is 93.4 Å². The maximum atomic E-state index is 10.7. The molecule has 15 heavy (non-hydrogen) atoms. The Morgan fingerprint density at radius 3 is 2.87 bits per heavy atom. The van der Waals surface area contributed by atoms with Crippen molar-refractivity contribution in [2.24, 2.45) is 0 Å².